The van der Waals surface area contributed by atoms with Crippen LogP contribution in [-0.2, 0) is 17.6 Å². The SMILES string of the molecule is CCCc1ccc2c(c1)OC(=O)C(C1CCC(CC)CC1)C2. The van der Waals surface area contributed by atoms with Gasteiger partial charge in [0.2, 0.25) is 0 Å². The number of carbonyl (C=O) groups excluding carboxylic acids is 1. The second kappa shape index (κ2) is 6.85. The van der Waals surface area contributed by atoms with Crippen molar-refractivity contribution in [2.45, 2.75) is 65.2 Å². The van der Waals surface area contributed by atoms with Crippen LogP contribution in [0.4, 0.5) is 0 Å². The molecule has 1 heterocycles. The zero-order valence-electron chi connectivity index (χ0n) is 13.9. The Morgan fingerprint density at radius 3 is 2.59 bits per heavy atom. The summed E-state index contributed by atoms with van der Waals surface area (Å²) in [7, 11) is 0. The maximum Gasteiger partial charge on any atom is 0.314 e. The van der Waals surface area contributed by atoms with Crippen LogP contribution in [0.1, 0.15) is 63.5 Å². The lowest BCUT2D eigenvalue weighted by Crippen LogP contribution is -2.35. The number of rotatable bonds is 4. The van der Waals surface area contributed by atoms with Gasteiger partial charge in [-0.25, -0.2) is 0 Å². The minimum atomic E-state index is 0.0149. The van der Waals surface area contributed by atoms with Crippen molar-refractivity contribution in [3.63, 3.8) is 0 Å². The van der Waals surface area contributed by atoms with Crippen molar-refractivity contribution in [1.29, 1.82) is 0 Å². The van der Waals surface area contributed by atoms with Gasteiger partial charge in [-0.15, -0.1) is 0 Å². The Kier molecular flexibility index (Phi) is 4.85. The minimum absolute atomic E-state index is 0.0149. The molecule has 0 N–H and O–H groups in total. The van der Waals surface area contributed by atoms with E-state index in [0.29, 0.717) is 5.92 Å². The highest BCUT2D eigenvalue weighted by atomic mass is 16.5. The lowest BCUT2D eigenvalue weighted by atomic mass is 9.73. The molecule has 0 radical (unpaired) electrons. The molecule has 0 bridgehead atoms. The maximum absolute atomic E-state index is 12.5. The highest BCUT2D eigenvalue weighted by molar-refractivity contribution is 5.78. The molecule has 1 fully saturated rings. The summed E-state index contributed by atoms with van der Waals surface area (Å²) >= 11 is 0. The van der Waals surface area contributed by atoms with E-state index in [9.17, 15) is 4.79 Å². The zero-order chi connectivity index (χ0) is 15.5. The van der Waals surface area contributed by atoms with Gasteiger partial charge in [0.15, 0.2) is 0 Å². The summed E-state index contributed by atoms with van der Waals surface area (Å²) in [5, 5.41) is 0. The number of fused-ring (bicyclic) bond motifs is 1. The summed E-state index contributed by atoms with van der Waals surface area (Å²) in [5.41, 5.74) is 2.50. The van der Waals surface area contributed by atoms with Crippen LogP contribution in [0.3, 0.4) is 0 Å². The molecule has 0 amide bonds. The Labute approximate surface area is 134 Å². The van der Waals surface area contributed by atoms with Gasteiger partial charge in [-0.3, -0.25) is 4.79 Å². The number of aryl methyl sites for hydroxylation is 1. The van der Waals surface area contributed by atoms with Gasteiger partial charge in [-0.2, -0.15) is 0 Å². The summed E-state index contributed by atoms with van der Waals surface area (Å²) in [4.78, 5) is 12.5. The van der Waals surface area contributed by atoms with Crippen LogP contribution in [0.25, 0.3) is 0 Å². The van der Waals surface area contributed by atoms with Gasteiger partial charge in [0.25, 0.3) is 0 Å². The molecule has 2 aliphatic rings. The molecule has 0 saturated heterocycles. The summed E-state index contributed by atoms with van der Waals surface area (Å²) in [6.07, 6.45) is 9.29. The van der Waals surface area contributed by atoms with Gasteiger partial charge in [-0.05, 0) is 54.7 Å². The molecule has 0 aromatic heterocycles. The molecule has 1 saturated carbocycles. The first-order chi connectivity index (χ1) is 10.7. The molecule has 22 heavy (non-hydrogen) atoms. The molecular formula is C20H28O2. The molecular weight excluding hydrogens is 272 g/mol. The summed E-state index contributed by atoms with van der Waals surface area (Å²) < 4.78 is 5.70. The van der Waals surface area contributed by atoms with Gasteiger partial charge >= 0.3 is 5.97 Å². The molecule has 2 heteroatoms. The molecule has 2 nitrogen and oxygen atoms in total. The van der Waals surface area contributed by atoms with Crippen LogP contribution in [0.15, 0.2) is 18.2 Å². The van der Waals surface area contributed by atoms with Gasteiger partial charge in [-0.1, -0.05) is 51.7 Å². The van der Waals surface area contributed by atoms with E-state index in [0.717, 1.165) is 30.9 Å². The van der Waals surface area contributed by atoms with Crippen molar-refractivity contribution < 1.29 is 9.53 Å². The van der Waals surface area contributed by atoms with Gasteiger partial charge < -0.3 is 4.74 Å². The maximum atomic E-state index is 12.5. The summed E-state index contributed by atoms with van der Waals surface area (Å²) in [6.45, 7) is 4.46. The van der Waals surface area contributed by atoms with E-state index in [2.05, 4.69) is 32.0 Å². The van der Waals surface area contributed by atoms with Crippen LogP contribution in [0.2, 0.25) is 0 Å². The third-order valence-electron chi connectivity index (χ3n) is 5.66. The van der Waals surface area contributed by atoms with Crippen molar-refractivity contribution in [3.8, 4) is 5.75 Å². The normalized spacial score (nSPS) is 28.1. The monoisotopic (exact) mass is 300 g/mol. The first-order valence-electron chi connectivity index (χ1n) is 9.04. The number of esters is 1. The Balaban J connectivity index is 1.70. The third kappa shape index (κ3) is 3.21. The summed E-state index contributed by atoms with van der Waals surface area (Å²) in [5.74, 6) is 2.32. The van der Waals surface area contributed by atoms with E-state index in [-0.39, 0.29) is 11.9 Å². The van der Waals surface area contributed by atoms with Crippen LogP contribution >= 0.6 is 0 Å². The van der Waals surface area contributed by atoms with Crippen molar-refractivity contribution in [1.82, 2.24) is 0 Å². The predicted octanol–water partition coefficient (Wildman–Crippen LogP) is 4.93. The fourth-order valence-electron chi connectivity index (χ4n) is 4.17. The quantitative estimate of drug-likeness (QED) is 0.582. The number of hydrogen-bond acceptors (Lipinski definition) is 2. The highest BCUT2D eigenvalue weighted by Gasteiger charge is 2.36. The van der Waals surface area contributed by atoms with Gasteiger partial charge in [0, 0.05) is 0 Å². The second-order valence-corrected chi connectivity index (χ2v) is 7.11. The van der Waals surface area contributed by atoms with Crippen LogP contribution in [0.5, 0.6) is 5.75 Å². The Bertz CT molecular complexity index is 527. The average Bonchev–Trinajstić information content (AvgIpc) is 2.54. The van der Waals surface area contributed by atoms with Crippen molar-refractivity contribution >= 4 is 5.97 Å². The third-order valence-corrected chi connectivity index (χ3v) is 5.66. The van der Waals surface area contributed by atoms with Crippen molar-refractivity contribution in [2.24, 2.45) is 17.8 Å². The molecule has 120 valence electrons. The number of hydrogen-bond donors (Lipinski definition) is 0. The number of ether oxygens (including phenoxy) is 1. The predicted molar refractivity (Wildman–Crippen MR) is 89.0 cm³/mol. The first-order valence-corrected chi connectivity index (χ1v) is 9.04. The molecule has 1 unspecified atom stereocenters. The molecule has 1 aliphatic heterocycles. The molecule has 1 aromatic rings. The van der Waals surface area contributed by atoms with Crippen molar-refractivity contribution in [3.05, 3.63) is 29.3 Å². The van der Waals surface area contributed by atoms with Gasteiger partial charge in [0.1, 0.15) is 5.75 Å². The Hall–Kier alpha value is -1.31. The standard InChI is InChI=1S/C20H28O2/c1-3-5-15-8-11-17-13-18(20(21)22-19(17)12-15)16-9-6-14(4-2)7-10-16/h8,11-12,14,16,18H,3-7,9-10,13H2,1-2H3. The number of benzene rings is 1. The average molecular weight is 300 g/mol. The fourth-order valence-corrected chi connectivity index (χ4v) is 4.17. The summed E-state index contributed by atoms with van der Waals surface area (Å²) in [6, 6.07) is 6.45. The second-order valence-electron chi connectivity index (χ2n) is 7.11. The smallest absolute Gasteiger partial charge is 0.314 e. The van der Waals surface area contributed by atoms with Crippen molar-refractivity contribution in [2.75, 3.05) is 0 Å². The van der Waals surface area contributed by atoms with Crippen LogP contribution in [0, 0.1) is 17.8 Å². The molecule has 1 atom stereocenters. The largest absolute Gasteiger partial charge is 0.426 e. The highest BCUT2D eigenvalue weighted by Crippen LogP contribution is 2.40. The van der Waals surface area contributed by atoms with Gasteiger partial charge in [0.05, 0.1) is 5.92 Å². The minimum Gasteiger partial charge on any atom is -0.426 e. The van der Waals surface area contributed by atoms with E-state index >= 15 is 0 Å². The molecule has 0 spiro atoms. The van der Waals surface area contributed by atoms with E-state index in [4.69, 9.17) is 4.74 Å². The van der Waals surface area contributed by atoms with E-state index in [1.54, 1.807) is 0 Å². The van der Waals surface area contributed by atoms with E-state index < -0.39 is 0 Å². The van der Waals surface area contributed by atoms with E-state index in [1.807, 2.05) is 0 Å². The first kappa shape index (κ1) is 15.6. The zero-order valence-corrected chi connectivity index (χ0v) is 13.9. The molecule has 3 rings (SSSR count). The van der Waals surface area contributed by atoms with Crippen LogP contribution < -0.4 is 4.74 Å². The Morgan fingerprint density at radius 2 is 1.91 bits per heavy atom. The lowest BCUT2D eigenvalue weighted by molar-refractivity contribution is -0.142. The Morgan fingerprint density at radius 1 is 1.14 bits per heavy atom. The van der Waals surface area contributed by atoms with Crippen LogP contribution in [-0.4, -0.2) is 5.97 Å². The fraction of sp³-hybridized carbons (Fsp3) is 0.650. The topological polar surface area (TPSA) is 26.3 Å². The number of carbonyl (C=O) groups is 1. The molecule has 1 aromatic carbocycles. The molecule has 1 aliphatic carbocycles. The lowest BCUT2D eigenvalue weighted by Gasteiger charge is -2.34. The van der Waals surface area contributed by atoms with E-state index in [1.165, 1.54) is 43.2 Å².